The van der Waals surface area contributed by atoms with Crippen LogP contribution in [0.3, 0.4) is 0 Å². The van der Waals surface area contributed by atoms with Crippen molar-refractivity contribution in [3.8, 4) is 11.4 Å². The van der Waals surface area contributed by atoms with Gasteiger partial charge in [0.1, 0.15) is 5.82 Å². The van der Waals surface area contributed by atoms with Gasteiger partial charge in [0.2, 0.25) is 5.91 Å². The first-order valence-corrected chi connectivity index (χ1v) is 6.72. The van der Waals surface area contributed by atoms with Gasteiger partial charge in [-0.2, -0.15) is 5.10 Å². The number of carbonyl (C=O) groups excluding carboxylic acids is 1. The lowest BCUT2D eigenvalue weighted by molar-refractivity contribution is -0.384. The molecule has 2 aromatic rings. The van der Waals surface area contributed by atoms with Crippen LogP contribution in [0.1, 0.15) is 26.6 Å². The van der Waals surface area contributed by atoms with Gasteiger partial charge in [-0.15, -0.1) is 0 Å². The Morgan fingerprint density at radius 1 is 1.41 bits per heavy atom. The van der Waals surface area contributed by atoms with E-state index in [0.29, 0.717) is 17.2 Å². The molecule has 1 heterocycles. The minimum atomic E-state index is -0.478. The minimum absolute atomic E-state index is 0.0330. The van der Waals surface area contributed by atoms with Gasteiger partial charge in [-0.25, -0.2) is 4.98 Å². The van der Waals surface area contributed by atoms with E-state index in [1.165, 1.54) is 12.1 Å². The van der Waals surface area contributed by atoms with E-state index in [-0.39, 0.29) is 23.6 Å². The first kappa shape index (κ1) is 15.6. The molecule has 8 heteroatoms. The Morgan fingerprint density at radius 2 is 2.14 bits per heavy atom. The summed E-state index contributed by atoms with van der Waals surface area (Å²) in [5.74, 6) is 0.555. The lowest BCUT2D eigenvalue weighted by Crippen LogP contribution is -2.41. The summed E-state index contributed by atoms with van der Waals surface area (Å²) in [6.45, 7) is 5.67. The van der Waals surface area contributed by atoms with Gasteiger partial charge in [0.05, 0.1) is 11.3 Å². The molecule has 1 amide bonds. The van der Waals surface area contributed by atoms with Crippen LogP contribution in [0.4, 0.5) is 5.69 Å². The number of nitrogens with zero attached hydrogens (tertiary/aromatic N) is 3. The molecular weight excluding hydrogens is 286 g/mol. The Morgan fingerprint density at radius 3 is 2.77 bits per heavy atom. The highest BCUT2D eigenvalue weighted by molar-refractivity contribution is 5.78. The minimum Gasteiger partial charge on any atom is -0.351 e. The SMILES string of the molecule is CC(C)(C)NC(=O)Cc1nc(-c2cccc([N+](=O)[O-])c2)n[nH]1. The number of aromatic amines is 1. The smallest absolute Gasteiger partial charge is 0.270 e. The first-order valence-electron chi connectivity index (χ1n) is 6.72. The van der Waals surface area contributed by atoms with Crippen LogP contribution >= 0.6 is 0 Å². The van der Waals surface area contributed by atoms with Crippen LogP contribution in [0, 0.1) is 10.1 Å². The summed E-state index contributed by atoms with van der Waals surface area (Å²) in [4.78, 5) is 26.3. The lowest BCUT2D eigenvalue weighted by atomic mass is 10.1. The van der Waals surface area contributed by atoms with Gasteiger partial charge in [0.15, 0.2) is 5.82 Å². The van der Waals surface area contributed by atoms with Crippen LogP contribution in [-0.2, 0) is 11.2 Å². The molecule has 0 aliphatic heterocycles. The molecule has 0 radical (unpaired) electrons. The van der Waals surface area contributed by atoms with Crippen molar-refractivity contribution in [2.24, 2.45) is 0 Å². The number of aromatic nitrogens is 3. The number of nitrogens with one attached hydrogen (secondary N) is 2. The second kappa shape index (κ2) is 5.92. The van der Waals surface area contributed by atoms with Crippen molar-refractivity contribution in [2.75, 3.05) is 0 Å². The van der Waals surface area contributed by atoms with Gasteiger partial charge in [-0.1, -0.05) is 12.1 Å². The van der Waals surface area contributed by atoms with Gasteiger partial charge < -0.3 is 5.32 Å². The number of hydrogen-bond acceptors (Lipinski definition) is 5. The van der Waals surface area contributed by atoms with E-state index in [9.17, 15) is 14.9 Å². The van der Waals surface area contributed by atoms with Crippen LogP contribution < -0.4 is 5.32 Å². The zero-order valence-electron chi connectivity index (χ0n) is 12.6. The average Bonchev–Trinajstić information content (AvgIpc) is 2.85. The molecule has 0 saturated heterocycles. The van der Waals surface area contributed by atoms with Crippen LogP contribution in [0.15, 0.2) is 24.3 Å². The molecule has 0 aliphatic rings. The molecule has 116 valence electrons. The third-order valence-corrected chi connectivity index (χ3v) is 2.69. The maximum atomic E-state index is 11.8. The molecule has 22 heavy (non-hydrogen) atoms. The van der Waals surface area contributed by atoms with E-state index in [4.69, 9.17) is 0 Å². The molecule has 0 bridgehead atoms. The number of hydrogen-bond donors (Lipinski definition) is 2. The Labute approximate surface area is 127 Å². The molecule has 1 aromatic carbocycles. The van der Waals surface area contributed by atoms with Crippen LogP contribution in [-0.4, -0.2) is 31.6 Å². The summed E-state index contributed by atoms with van der Waals surface area (Å²) in [6, 6.07) is 6.03. The third kappa shape index (κ3) is 4.11. The summed E-state index contributed by atoms with van der Waals surface area (Å²) in [6.07, 6.45) is 0.0686. The Hall–Kier alpha value is -2.77. The molecule has 0 saturated carbocycles. The number of H-pyrrole nitrogens is 1. The molecule has 0 fully saturated rings. The molecule has 2 rings (SSSR count). The molecule has 0 atom stereocenters. The summed E-state index contributed by atoms with van der Waals surface area (Å²) >= 11 is 0. The Bertz CT molecular complexity index is 702. The van der Waals surface area contributed by atoms with Crippen molar-refractivity contribution < 1.29 is 9.72 Å². The van der Waals surface area contributed by atoms with Gasteiger partial charge in [0, 0.05) is 23.2 Å². The summed E-state index contributed by atoms with van der Waals surface area (Å²) in [5.41, 5.74) is 0.169. The van der Waals surface area contributed by atoms with Crippen molar-refractivity contribution in [3.05, 3.63) is 40.2 Å². The molecule has 0 spiro atoms. The van der Waals surface area contributed by atoms with Crippen molar-refractivity contribution in [1.82, 2.24) is 20.5 Å². The van der Waals surface area contributed by atoms with Gasteiger partial charge in [0.25, 0.3) is 5.69 Å². The number of non-ortho nitro benzene ring substituents is 1. The van der Waals surface area contributed by atoms with Crippen molar-refractivity contribution >= 4 is 11.6 Å². The second-order valence-electron chi connectivity index (χ2n) is 5.89. The average molecular weight is 303 g/mol. The molecule has 0 aliphatic carbocycles. The predicted molar refractivity (Wildman–Crippen MR) is 80.1 cm³/mol. The topological polar surface area (TPSA) is 114 Å². The largest absolute Gasteiger partial charge is 0.351 e. The quantitative estimate of drug-likeness (QED) is 0.660. The number of nitro groups is 1. The van der Waals surface area contributed by atoms with E-state index in [1.54, 1.807) is 12.1 Å². The summed E-state index contributed by atoms with van der Waals surface area (Å²) < 4.78 is 0. The van der Waals surface area contributed by atoms with E-state index >= 15 is 0 Å². The highest BCUT2D eigenvalue weighted by Crippen LogP contribution is 2.20. The molecular formula is C14H17N5O3. The van der Waals surface area contributed by atoms with Gasteiger partial charge >= 0.3 is 0 Å². The van der Waals surface area contributed by atoms with E-state index in [2.05, 4.69) is 20.5 Å². The standard InChI is InChI=1S/C14H17N5O3/c1-14(2,3)16-12(20)8-11-15-13(18-17-11)9-5-4-6-10(7-9)19(21)22/h4-7H,8H2,1-3H3,(H,16,20)(H,15,17,18). The van der Waals surface area contributed by atoms with E-state index < -0.39 is 4.92 Å². The fraction of sp³-hybridized carbons (Fsp3) is 0.357. The fourth-order valence-electron chi connectivity index (χ4n) is 1.88. The zero-order valence-corrected chi connectivity index (χ0v) is 12.6. The molecule has 0 unspecified atom stereocenters. The zero-order chi connectivity index (χ0) is 16.3. The van der Waals surface area contributed by atoms with Crippen molar-refractivity contribution in [1.29, 1.82) is 0 Å². The van der Waals surface area contributed by atoms with Gasteiger partial charge in [-0.3, -0.25) is 20.0 Å². The first-order chi connectivity index (χ1) is 10.2. The summed E-state index contributed by atoms with van der Waals surface area (Å²) in [5, 5.41) is 20.3. The highest BCUT2D eigenvalue weighted by atomic mass is 16.6. The van der Waals surface area contributed by atoms with Gasteiger partial charge in [-0.05, 0) is 20.8 Å². The number of carbonyl (C=O) groups is 1. The maximum Gasteiger partial charge on any atom is 0.270 e. The Balaban J connectivity index is 2.13. The molecule has 2 N–H and O–H groups in total. The van der Waals surface area contributed by atoms with E-state index in [1.807, 2.05) is 20.8 Å². The van der Waals surface area contributed by atoms with Crippen LogP contribution in [0.25, 0.3) is 11.4 Å². The lowest BCUT2D eigenvalue weighted by Gasteiger charge is -2.19. The monoisotopic (exact) mass is 303 g/mol. The highest BCUT2D eigenvalue weighted by Gasteiger charge is 2.16. The third-order valence-electron chi connectivity index (χ3n) is 2.69. The van der Waals surface area contributed by atoms with Crippen LogP contribution in [0.2, 0.25) is 0 Å². The van der Waals surface area contributed by atoms with Crippen molar-refractivity contribution in [2.45, 2.75) is 32.7 Å². The second-order valence-corrected chi connectivity index (χ2v) is 5.89. The number of nitro benzene ring substituents is 1. The van der Waals surface area contributed by atoms with E-state index in [0.717, 1.165) is 0 Å². The van der Waals surface area contributed by atoms with Crippen molar-refractivity contribution in [3.63, 3.8) is 0 Å². The number of rotatable bonds is 4. The predicted octanol–water partition coefficient (Wildman–Crippen LogP) is 1.84. The molecule has 8 nitrogen and oxygen atoms in total. The maximum absolute atomic E-state index is 11.8. The normalized spacial score (nSPS) is 11.2. The van der Waals surface area contributed by atoms with Crippen LogP contribution in [0.5, 0.6) is 0 Å². The Kier molecular flexibility index (Phi) is 4.20. The number of benzene rings is 1. The fourth-order valence-corrected chi connectivity index (χ4v) is 1.88. The summed E-state index contributed by atoms with van der Waals surface area (Å²) in [7, 11) is 0. The number of amides is 1. The molecule has 1 aromatic heterocycles.